The zero-order valence-corrected chi connectivity index (χ0v) is 9.07. The lowest BCUT2D eigenvalue weighted by Crippen LogP contribution is -2.38. The Morgan fingerprint density at radius 1 is 1.43 bits per heavy atom. The summed E-state index contributed by atoms with van der Waals surface area (Å²) in [5, 5.41) is 9.54. The standard InChI is InChI=1S/C8H17NO4S/c1-9-4-2-7(3-5-9)8(10)6-14(11,12)13/h7-8,10H,2-6H2,1H3,(H,11,12,13). The SMILES string of the molecule is CN1CCC(C(O)CS(=O)(=O)O)CC1. The molecule has 1 fully saturated rings. The van der Waals surface area contributed by atoms with Crippen LogP contribution in [0.2, 0.25) is 0 Å². The molecule has 6 heteroatoms. The minimum atomic E-state index is -4.05. The number of piperidine rings is 1. The van der Waals surface area contributed by atoms with Gasteiger partial charge in [-0.15, -0.1) is 0 Å². The summed E-state index contributed by atoms with van der Waals surface area (Å²) < 4.78 is 29.6. The molecule has 1 heterocycles. The second kappa shape index (κ2) is 4.57. The summed E-state index contributed by atoms with van der Waals surface area (Å²) in [4.78, 5) is 2.14. The van der Waals surface area contributed by atoms with Gasteiger partial charge in [-0.3, -0.25) is 4.55 Å². The number of hydrogen-bond donors (Lipinski definition) is 2. The average Bonchev–Trinajstić information content (AvgIpc) is 2.02. The summed E-state index contributed by atoms with van der Waals surface area (Å²) in [5.74, 6) is -0.547. The van der Waals surface area contributed by atoms with Gasteiger partial charge in [0.25, 0.3) is 10.1 Å². The highest BCUT2D eigenvalue weighted by molar-refractivity contribution is 7.85. The molecular formula is C8H17NO4S. The summed E-state index contributed by atoms with van der Waals surface area (Å²) in [7, 11) is -2.06. The summed E-state index contributed by atoms with van der Waals surface area (Å²) in [5.41, 5.74) is 0. The molecule has 0 saturated carbocycles. The minimum Gasteiger partial charge on any atom is -0.392 e. The second-order valence-electron chi connectivity index (χ2n) is 3.96. The topological polar surface area (TPSA) is 77.8 Å². The van der Waals surface area contributed by atoms with Gasteiger partial charge in [0, 0.05) is 0 Å². The van der Waals surface area contributed by atoms with Crippen LogP contribution in [0.25, 0.3) is 0 Å². The maximum atomic E-state index is 10.5. The van der Waals surface area contributed by atoms with E-state index in [-0.39, 0.29) is 5.92 Å². The van der Waals surface area contributed by atoms with Gasteiger partial charge in [0.05, 0.1) is 6.10 Å². The Labute approximate surface area is 84.5 Å². The first-order valence-electron chi connectivity index (χ1n) is 4.70. The van der Waals surface area contributed by atoms with E-state index < -0.39 is 22.0 Å². The summed E-state index contributed by atoms with van der Waals surface area (Å²) in [6.07, 6.45) is 0.638. The first-order chi connectivity index (χ1) is 6.38. The first-order valence-corrected chi connectivity index (χ1v) is 6.31. The molecule has 0 amide bonds. The third kappa shape index (κ3) is 3.91. The van der Waals surface area contributed by atoms with Crippen molar-refractivity contribution in [2.24, 2.45) is 5.92 Å². The van der Waals surface area contributed by atoms with Crippen LogP contribution >= 0.6 is 0 Å². The maximum absolute atomic E-state index is 10.5. The number of aliphatic hydroxyl groups is 1. The quantitative estimate of drug-likeness (QED) is 0.635. The van der Waals surface area contributed by atoms with Crippen LogP contribution in [0.4, 0.5) is 0 Å². The van der Waals surface area contributed by atoms with Crippen molar-refractivity contribution in [1.82, 2.24) is 4.90 Å². The fraction of sp³-hybridized carbons (Fsp3) is 1.00. The van der Waals surface area contributed by atoms with Gasteiger partial charge in [-0.25, -0.2) is 0 Å². The number of likely N-dealkylation sites (tertiary alicyclic amines) is 1. The van der Waals surface area contributed by atoms with Gasteiger partial charge in [0.15, 0.2) is 0 Å². The fourth-order valence-electron chi connectivity index (χ4n) is 1.77. The minimum absolute atomic E-state index is 0.00637. The molecule has 0 aliphatic carbocycles. The molecule has 0 radical (unpaired) electrons. The van der Waals surface area contributed by atoms with Crippen molar-refractivity contribution < 1.29 is 18.1 Å². The van der Waals surface area contributed by atoms with Crippen LogP contribution in [0.3, 0.4) is 0 Å². The number of aliphatic hydroxyl groups excluding tert-OH is 1. The molecule has 14 heavy (non-hydrogen) atoms. The third-order valence-electron chi connectivity index (χ3n) is 2.69. The molecule has 1 rings (SSSR count). The van der Waals surface area contributed by atoms with Gasteiger partial charge < -0.3 is 10.0 Å². The van der Waals surface area contributed by atoms with Crippen LogP contribution < -0.4 is 0 Å². The van der Waals surface area contributed by atoms with Gasteiger partial charge >= 0.3 is 0 Å². The van der Waals surface area contributed by atoms with Crippen LogP contribution in [0.1, 0.15) is 12.8 Å². The Balaban J connectivity index is 2.42. The van der Waals surface area contributed by atoms with Crippen molar-refractivity contribution in [2.75, 3.05) is 25.9 Å². The summed E-state index contributed by atoms with van der Waals surface area (Å²) in [6.45, 7) is 1.74. The van der Waals surface area contributed by atoms with E-state index >= 15 is 0 Å². The van der Waals surface area contributed by atoms with Crippen LogP contribution in [0.5, 0.6) is 0 Å². The molecule has 5 nitrogen and oxygen atoms in total. The number of hydrogen-bond acceptors (Lipinski definition) is 4. The van der Waals surface area contributed by atoms with E-state index in [1.54, 1.807) is 0 Å². The number of nitrogens with zero attached hydrogens (tertiary/aromatic N) is 1. The summed E-state index contributed by atoms with van der Waals surface area (Å²) in [6, 6.07) is 0. The third-order valence-corrected chi connectivity index (χ3v) is 3.45. The molecule has 0 aromatic rings. The van der Waals surface area contributed by atoms with Crippen LogP contribution in [-0.4, -0.2) is 55.0 Å². The van der Waals surface area contributed by atoms with E-state index in [0.29, 0.717) is 0 Å². The molecule has 84 valence electrons. The molecule has 1 unspecified atom stereocenters. The Hall–Kier alpha value is -0.170. The highest BCUT2D eigenvalue weighted by Crippen LogP contribution is 2.20. The van der Waals surface area contributed by atoms with E-state index in [9.17, 15) is 13.5 Å². The fourth-order valence-corrected chi connectivity index (χ4v) is 2.47. The lowest BCUT2D eigenvalue weighted by atomic mass is 9.92. The van der Waals surface area contributed by atoms with Crippen molar-refractivity contribution in [3.8, 4) is 0 Å². The van der Waals surface area contributed by atoms with E-state index in [1.165, 1.54) is 0 Å². The van der Waals surface area contributed by atoms with Gasteiger partial charge in [0.2, 0.25) is 0 Å². The van der Waals surface area contributed by atoms with Crippen molar-refractivity contribution >= 4 is 10.1 Å². The van der Waals surface area contributed by atoms with Crippen molar-refractivity contribution in [1.29, 1.82) is 0 Å². The second-order valence-corrected chi connectivity index (χ2v) is 5.45. The summed E-state index contributed by atoms with van der Waals surface area (Å²) >= 11 is 0. The zero-order chi connectivity index (χ0) is 10.8. The van der Waals surface area contributed by atoms with Crippen molar-refractivity contribution in [2.45, 2.75) is 18.9 Å². The lowest BCUT2D eigenvalue weighted by Gasteiger charge is -2.31. The van der Waals surface area contributed by atoms with Gasteiger partial charge in [-0.05, 0) is 38.9 Å². The molecule has 1 aliphatic rings. The normalized spacial score (nSPS) is 23.6. The Morgan fingerprint density at radius 3 is 2.36 bits per heavy atom. The molecule has 1 atom stereocenters. The molecule has 0 aromatic carbocycles. The van der Waals surface area contributed by atoms with E-state index in [2.05, 4.69) is 4.90 Å². The molecule has 0 bridgehead atoms. The van der Waals surface area contributed by atoms with Gasteiger partial charge in [-0.1, -0.05) is 0 Å². The lowest BCUT2D eigenvalue weighted by molar-refractivity contribution is 0.0807. The Bertz CT molecular complexity index is 269. The largest absolute Gasteiger partial charge is 0.392 e. The molecule has 1 saturated heterocycles. The first kappa shape index (κ1) is 11.9. The Kier molecular flexibility index (Phi) is 3.88. The van der Waals surface area contributed by atoms with Crippen LogP contribution in [0.15, 0.2) is 0 Å². The highest BCUT2D eigenvalue weighted by atomic mass is 32.2. The van der Waals surface area contributed by atoms with E-state index in [4.69, 9.17) is 4.55 Å². The molecule has 0 spiro atoms. The monoisotopic (exact) mass is 223 g/mol. The van der Waals surface area contributed by atoms with Gasteiger partial charge in [0.1, 0.15) is 5.75 Å². The zero-order valence-electron chi connectivity index (χ0n) is 8.26. The molecular weight excluding hydrogens is 206 g/mol. The van der Waals surface area contributed by atoms with Crippen LogP contribution in [-0.2, 0) is 10.1 Å². The highest BCUT2D eigenvalue weighted by Gasteiger charge is 2.26. The molecule has 2 N–H and O–H groups in total. The van der Waals surface area contributed by atoms with E-state index in [0.717, 1.165) is 25.9 Å². The average molecular weight is 223 g/mol. The van der Waals surface area contributed by atoms with E-state index in [1.807, 2.05) is 7.05 Å². The predicted molar refractivity (Wildman–Crippen MR) is 52.6 cm³/mol. The van der Waals surface area contributed by atoms with Crippen molar-refractivity contribution in [3.05, 3.63) is 0 Å². The Morgan fingerprint density at radius 2 is 1.93 bits per heavy atom. The van der Waals surface area contributed by atoms with Crippen LogP contribution in [0, 0.1) is 5.92 Å². The maximum Gasteiger partial charge on any atom is 0.267 e. The smallest absolute Gasteiger partial charge is 0.267 e. The predicted octanol–water partition coefficient (Wildman–Crippen LogP) is -0.423. The number of rotatable bonds is 3. The van der Waals surface area contributed by atoms with Crippen molar-refractivity contribution in [3.63, 3.8) is 0 Å². The molecule has 0 aromatic heterocycles. The molecule has 1 aliphatic heterocycles. The van der Waals surface area contributed by atoms with Gasteiger partial charge in [-0.2, -0.15) is 8.42 Å².